The number of aryl methyl sites for hydroxylation is 4. The molecule has 2 heteroatoms. The first-order valence-electron chi connectivity index (χ1n) is 18.3. The second kappa shape index (κ2) is 12.9. The van der Waals surface area contributed by atoms with E-state index in [2.05, 4.69) is 189 Å². The molecule has 0 radical (unpaired) electrons. The number of hydrogen-bond donors (Lipinski definition) is 0. The highest BCUT2D eigenvalue weighted by atomic mass is 15.2. The molecule has 0 saturated carbocycles. The topological polar surface area (TPSA) is 8.17 Å². The minimum atomic E-state index is 0.381. The Morgan fingerprint density at radius 1 is 0.519 bits per heavy atom. The van der Waals surface area contributed by atoms with Crippen LogP contribution in [0.2, 0.25) is 0 Å². The number of fused-ring (bicyclic) bond motifs is 11. The number of para-hydroxylation sites is 2. The molecule has 1 aromatic heterocycles. The van der Waals surface area contributed by atoms with E-state index in [1.54, 1.807) is 0 Å². The van der Waals surface area contributed by atoms with Crippen molar-refractivity contribution >= 4 is 49.5 Å². The van der Waals surface area contributed by atoms with Crippen LogP contribution in [-0.2, 0) is 7.05 Å². The van der Waals surface area contributed by atoms with Gasteiger partial charge in [0.15, 0.2) is 0 Å². The number of aromatic nitrogens is 1. The third kappa shape index (κ3) is 5.17. The van der Waals surface area contributed by atoms with Crippen molar-refractivity contribution in [1.29, 1.82) is 0 Å². The molecule has 52 heavy (non-hydrogen) atoms. The van der Waals surface area contributed by atoms with Gasteiger partial charge in [-0.25, -0.2) is 0 Å². The minimum Gasteiger partial charge on any atom is -0.344 e. The van der Waals surface area contributed by atoms with Crippen LogP contribution < -0.4 is 4.90 Å². The average Bonchev–Trinajstić information content (AvgIpc) is 3.80. The monoisotopic (exact) mass is 670 g/mol. The van der Waals surface area contributed by atoms with Crippen LogP contribution in [0, 0.1) is 20.8 Å². The number of anilines is 2. The van der Waals surface area contributed by atoms with Crippen molar-refractivity contribution in [2.75, 3.05) is 4.90 Å². The van der Waals surface area contributed by atoms with E-state index in [-0.39, 0.29) is 0 Å². The molecule has 2 unspecified atom stereocenters. The second-order valence-corrected chi connectivity index (χ2v) is 14.3. The highest BCUT2D eigenvalue weighted by Crippen LogP contribution is 2.59. The van der Waals surface area contributed by atoms with Crippen molar-refractivity contribution in [3.8, 4) is 11.1 Å². The van der Waals surface area contributed by atoms with E-state index in [9.17, 15) is 0 Å². The van der Waals surface area contributed by atoms with Crippen molar-refractivity contribution in [3.63, 3.8) is 0 Å². The third-order valence-electron chi connectivity index (χ3n) is 11.2. The Kier molecular flexibility index (Phi) is 7.89. The van der Waals surface area contributed by atoms with Gasteiger partial charge in [0, 0.05) is 51.4 Å². The highest BCUT2D eigenvalue weighted by molar-refractivity contribution is 6.16. The van der Waals surface area contributed by atoms with E-state index in [1.165, 1.54) is 88.5 Å². The predicted octanol–water partition coefficient (Wildman–Crippen LogP) is 13.0. The van der Waals surface area contributed by atoms with E-state index in [0.717, 1.165) is 0 Å². The average molecular weight is 671 g/mol. The lowest BCUT2D eigenvalue weighted by Crippen LogP contribution is -2.26. The Balaban J connectivity index is 0.000000142. The summed E-state index contributed by atoms with van der Waals surface area (Å²) < 4.78 is 2.33. The summed E-state index contributed by atoms with van der Waals surface area (Å²) in [6.07, 6.45) is 6.96. The summed E-state index contributed by atoms with van der Waals surface area (Å²) in [7, 11) is 2.18. The summed E-state index contributed by atoms with van der Waals surface area (Å²) in [5, 5.41) is 5.35. The fraction of sp³-hybridized carbons (Fsp3) is 0.120. The fourth-order valence-corrected chi connectivity index (χ4v) is 8.64. The van der Waals surface area contributed by atoms with Gasteiger partial charge in [-0.3, -0.25) is 0 Å². The molecule has 0 saturated heterocycles. The summed E-state index contributed by atoms with van der Waals surface area (Å²) in [5.74, 6) is 0.412. The maximum Gasteiger partial charge on any atom is 0.0702 e. The molecule has 0 N–H and O–H groups in total. The smallest absolute Gasteiger partial charge is 0.0702 e. The van der Waals surface area contributed by atoms with Gasteiger partial charge in [-0.15, -0.1) is 0 Å². The van der Waals surface area contributed by atoms with Crippen molar-refractivity contribution in [2.24, 2.45) is 7.05 Å². The molecule has 0 fully saturated rings. The van der Waals surface area contributed by atoms with Crippen LogP contribution in [0.25, 0.3) is 49.3 Å². The Labute approximate surface area is 306 Å². The maximum absolute atomic E-state index is 2.62. The van der Waals surface area contributed by atoms with Crippen LogP contribution in [0.4, 0.5) is 11.4 Å². The molecule has 3 aliphatic rings. The largest absolute Gasteiger partial charge is 0.344 e. The lowest BCUT2D eigenvalue weighted by molar-refractivity contribution is 0.782. The molecule has 8 aromatic rings. The predicted molar refractivity (Wildman–Crippen MR) is 223 cm³/mol. The molecule has 0 amide bonds. The first kappa shape index (κ1) is 31.8. The van der Waals surface area contributed by atoms with Crippen LogP contribution in [-0.4, -0.2) is 10.6 Å². The van der Waals surface area contributed by atoms with Crippen LogP contribution in [0.1, 0.15) is 33.7 Å². The molecule has 11 rings (SSSR count). The number of allylic oxidation sites excluding steroid dienone is 2. The minimum absolute atomic E-state index is 0.381. The Bertz CT molecular complexity index is 2650. The molecule has 252 valence electrons. The maximum atomic E-state index is 2.62. The Hall–Kier alpha value is -6.12. The molecule has 7 aromatic carbocycles. The lowest BCUT2D eigenvalue weighted by atomic mass is 9.84. The van der Waals surface area contributed by atoms with Gasteiger partial charge >= 0.3 is 0 Å². The van der Waals surface area contributed by atoms with E-state index in [4.69, 9.17) is 0 Å². The second-order valence-electron chi connectivity index (χ2n) is 14.3. The molecule has 3 heterocycles. The Morgan fingerprint density at radius 3 is 1.85 bits per heavy atom. The quantitative estimate of drug-likeness (QED) is 0.169. The first-order chi connectivity index (χ1) is 25.5. The molecular formula is C50H42N2. The normalized spacial score (nSPS) is 16.1. The number of benzene rings is 7. The van der Waals surface area contributed by atoms with Crippen molar-refractivity contribution in [3.05, 3.63) is 198 Å². The van der Waals surface area contributed by atoms with Gasteiger partial charge < -0.3 is 9.47 Å². The van der Waals surface area contributed by atoms with Crippen LogP contribution in [0.3, 0.4) is 0 Å². The lowest BCUT2D eigenvalue weighted by Gasteiger charge is -2.25. The van der Waals surface area contributed by atoms with Gasteiger partial charge in [-0.05, 0) is 83.8 Å². The highest BCUT2D eigenvalue weighted by Gasteiger charge is 2.47. The molecule has 2 atom stereocenters. The summed E-state index contributed by atoms with van der Waals surface area (Å²) in [4.78, 5) is 2.62. The fourth-order valence-electron chi connectivity index (χ4n) is 8.64. The summed E-state index contributed by atoms with van der Waals surface area (Å²) in [5.41, 5.74) is 16.3. The zero-order chi connectivity index (χ0) is 35.3. The zero-order valence-electron chi connectivity index (χ0n) is 30.2. The summed E-state index contributed by atoms with van der Waals surface area (Å²) in [6.45, 7) is 6.39. The SMILES string of the molecule is Cc1ccccc1.Cc1ccccc1-c1ccccc1C.Cn1c2ccccc2c2cc3c4c(ccc3cc21)C1C=CC=C2c3ccccc3N4C21. The molecule has 2 nitrogen and oxygen atoms in total. The Morgan fingerprint density at radius 2 is 1.15 bits per heavy atom. The third-order valence-corrected chi connectivity index (χ3v) is 11.2. The van der Waals surface area contributed by atoms with E-state index >= 15 is 0 Å². The van der Waals surface area contributed by atoms with Gasteiger partial charge in [-0.1, -0.05) is 151 Å². The van der Waals surface area contributed by atoms with Gasteiger partial charge in [0.1, 0.15) is 0 Å². The number of nitrogens with zero attached hydrogens (tertiary/aromatic N) is 2. The van der Waals surface area contributed by atoms with Gasteiger partial charge in [0.25, 0.3) is 0 Å². The molecular weight excluding hydrogens is 629 g/mol. The number of hydrogen-bond acceptors (Lipinski definition) is 1. The number of rotatable bonds is 1. The van der Waals surface area contributed by atoms with Crippen molar-refractivity contribution in [2.45, 2.75) is 32.7 Å². The van der Waals surface area contributed by atoms with Gasteiger partial charge in [0.2, 0.25) is 0 Å². The van der Waals surface area contributed by atoms with Crippen LogP contribution >= 0.6 is 0 Å². The molecule has 0 bridgehead atoms. The van der Waals surface area contributed by atoms with E-state index in [1.807, 2.05) is 18.2 Å². The van der Waals surface area contributed by atoms with Gasteiger partial charge in [-0.2, -0.15) is 0 Å². The van der Waals surface area contributed by atoms with Crippen LogP contribution in [0.5, 0.6) is 0 Å². The standard InChI is InChI=1S/C29H20N2.C14H14.C7H8/c1-30-25-11-4-2-8-19(25)24-16-23-17(15-27(24)30)13-14-22-21-10-6-9-20-18-7-3-5-12-26(18)31(28(20)21)29(22)23;1-11-7-3-5-9-13(11)14-10-6-4-8-12(14)2;1-7-5-3-2-4-6-7/h2-16,21,28H,1H3;3-10H,1-2H3;2-6H,1H3. The summed E-state index contributed by atoms with van der Waals surface area (Å²) >= 11 is 0. The van der Waals surface area contributed by atoms with Crippen LogP contribution in [0.15, 0.2) is 170 Å². The molecule has 1 aliphatic carbocycles. The zero-order valence-corrected chi connectivity index (χ0v) is 30.2. The van der Waals surface area contributed by atoms with Crippen molar-refractivity contribution in [1.82, 2.24) is 4.57 Å². The van der Waals surface area contributed by atoms with E-state index in [0.29, 0.717) is 12.0 Å². The van der Waals surface area contributed by atoms with E-state index < -0.39 is 0 Å². The molecule has 0 spiro atoms. The first-order valence-corrected chi connectivity index (χ1v) is 18.3. The summed E-state index contributed by atoms with van der Waals surface area (Å²) in [6, 6.07) is 54.8. The van der Waals surface area contributed by atoms with Gasteiger partial charge in [0.05, 0.1) is 11.7 Å². The van der Waals surface area contributed by atoms with Crippen molar-refractivity contribution < 1.29 is 0 Å². The molecule has 2 aliphatic heterocycles.